The minimum atomic E-state index is -1.02. The molecule has 0 aliphatic carbocycles. The average Bonchev–Trinajstić information content (AvgIpc) is 3.46. The van der Waals surface area contributed by atoms with Gasteiger partial charge < -0.3 is 20.2 Å². The lowest BCUT2D eigenvalue weighted by molar-refractivity contribution is 0.0771. The Labute approximate surface area is 218 Å². The van der Waals surface area contributed by atoms with Crippen molar-refractivity contribution < 1.29 is 14.7 Å². The summed E-state index contributed by atoms with van der Waals surface area (Å²) in [6.07, 6.45) is 0.728. The smallest absolute Gasteiger partial charge is 0.405 e. The van der Waals surface area contributed by atoms with E-state index in [9.17, 15) is 14.7 Å². The summed E-state index contributed by atoms with van der Waals surface area (Å²) in [6, 6.07) is 21.5. The lowest BCUT2D eigenvalue weighted by atomic mass is 9.86. The second kappa shape index (κ2) is 10.7. The summed E-state index contributed by atoms with van der Waals surface area (Å²) in [5, 5.41) is 12.5. The SMILES string of the molecule is Cc1ccnc(C)c1C(=O)N1CC2CN(C[C@H](c3ccccc3)C(NC(=O)O)c3ccccc3)CC2C1. The van der Waals surface area contributed by atoms with Crippen molar-refractivity contribution in [2.75, 3.05) is 32.7 Å². The number of amides is 2. The van der Waals surface area contributed by atoms with Gasteiger partial charge in [0.2, 0.25) is 0 Å². The molecule has 2 aliphatic rings. The fraction of sp³-hybridized carbons (Fsp3) is 0.367. The maximum absolute atomic E-state index is 13.3. The molecule has 5 rings (SSSR count). The molecule has 3 heterocycles. The number of nitrogens with zero attached hydrogens (tertiary/aromatic N) is 3. The van der Waals surface area contributed by atoms with Gasteiger partial charge in [0, 0.05) is 44.8 Å². The van der Waals surface area contributed by atoms with Crippen LogP contribution in [0.2, 0.25) is 0 Å². The third kappa shape index (κ3) is 5.37. The number of carboxylic acid groups (broad SMARTS) is 1. The number of rotatable bonds is 7. The van der Waals surface area contributed by atoms with Gasteiger partial charge in [0.15, 0.2) is 0 Å². The van der Waals surface area contributed by atoms with Gasteiger partial charge in [-0.15, -0.1) is 0 Å². The number of aryl methyl sites for hydroxylation is 2. The van der Waals surface area contributed by atoms with Gasteiger partial charge in [-0.25, -0.2) is 4.79 Å². The highest BCUT2D eigenvalue weighted by Gasteiger charge is 2.43. The fourth-order valence-corrected chi connectivity index (χ4v) is 6.17. The molecule has 2 fully saturated rings. The Kier molecular flexibility index (Phi) is 7.24. The van der Waals surface area contributed by atoms with E-state index >= 15 is 0 Å². The molecule has 3 unspecified atom stereocenters. The van der Waals surface area contributed by atoms with Crippen molar-refractivity contribution in [1.29, 1.82) is 0 Å². The molecule has 3 aromatic rings. The molecule has 2 amide bonds. The lowest BCUT2D eigenvalue weighted by Gasteiger charge is -2.32. The fourth-order valence-electron chi connectivity index (χ4n) is 6.17. The highest BCUT2D eigenvalue weighted by atomic mass is 16.4. The van der Waals surface area contributed by atoms with E-state index in [0.717, 1.165) is 60.7 Å². The first-order valence-corrected chi connectivity index (χ1v) is 12.9. The first-order valence-electron chi connectivity index (χ1n) is 12.9. The van der Waals surface area contributed by atoms with Gasteiger partial charge >= 0.3 is 6.09 Å². The van der Waals surface area contributed by atoms with Gasteiger partial charge in [0.1, 0.15) is 0 Å². The Morgan fingerprint density at radius 3 is 2.08 bits per heavy atom. The highest BCUT2D eigenvalue weighted by molar-refractivity contribution is 5.96. The summed E-state index contributed by atoms with van der Waals surface area (Å²) < 4.78 is 0. The van der Waals surface area contributed by atoms with Crippen LogP contribution in [0.5, 0.6) is 0 Å². The number of fused-ring (bicyclic) bond motifs is 1. The zero-order valence-electron chi connectivity index (χ0n) is 21.4. The van der Waals surface area contributed by atoms with Crippen molar-refractivity contribution in [3.8, 4) is 0 Å². The number of benzene rings is 2. The normalized spacial score (nSPS) is 20.9. The summed E-state index contributed by atoms with van der Waals surface area (Å²) in [4.78, 5) is 33.9. The lowest BCUT2D eigenvalue weighted by Crippen LogP contribution is -2.39. The van der Waals surface area contributed by atoms with Gasteiger partial charge in [-0.3, -0.25) is 9.78 Å². The number of nitrogens with one attached hydrogen (secondary N) is 1. The molecule has 0 radical (unpaired) electrons. The first-order chi connectivity index (χ1) is 17.9. The van der Waals surface area contributed by atoms with Crippen molar-refractivity contribution in [2.45, 2.75) is 25.8 Å². The van der Waals surface area contributed by atoms with Crippen molar-refractivity contribution in [1.82, 2.24) is 20.1 Å². The Morgan fingerprint density at radius 1 is 0.919 bits per heavy atom. The zero-order valence-corrected chi connectivity index (χ0v) is 21.4. The van der Waals surface area contributed by atoms with Crippen LogP contribution in [-0.4, -0.2) is 64.6 Å². The van der Waals surface area contributed by atoms with Crippen molar-refractivity contribution >= 4 is 12.0 Å². The molecule has 2 N–H and O–H groups in total. The van der Waals surface area contributed by atoms with E-state index in [2.05, 4.69) is 27.3 Å². The predicted molar refractivity (Wildman–Crippen MR) is 143 cm³/mol. The number of hydrogen-bond acceptors (Lipinski definition) is 4. The van der Waals surface area contributed by atoms with Crippen LogP contribution in [-0.2, 0) is 0 Å². The molecular weight excluding hydrogens is 464 g/mol. The second-order valence-corrected chi connectivity index (χ2v) is 10.4. The zero-order chi connectivity index (χ0) is 25.9. The van der Waals surface area contributed by atoms with E-state index in [-0.39, 0.29) is 17.9 Å². The van der Waals surface area contributed by atoms with Crippen molar-refractivity contribution in [3.05, 3.63) is 101 Å². The average molecular weight is 499 g/mol. The van der Waals surface area contributed by atoms with Crippen LogP contribution in [0.1, 0.15) is 44.7 Å². The van der Waals surface area contributed by atoms with E-state index in [0.29, 0.717) is 11.8 Å². The maximum Gasteiger partial charge on any atom is 0.405 e. The van der Waals surface area contributed by atoms with Crippen LogP contribution in [0.4, 0.5) is 4.79 Å². The van der Waals surface area contributed by atoms with Crippen molar-refractivity contribution in [3.63, 3.8) is 0 Å². The molecule has 192 valence electrons. The Morgan fingerprint density at radius 2 is 1.51 bits per heavy atom. The number of hydrogen-bond donors (Lipinski definition) is 2. The van der Waals surface area contributed by atoms with E-state index < -0.39 is 6.09 Å². The Bertz CT molecular complexity index is 1220. The van der Waals surface area contributed by atoms with Crippen LogP contribution < -0.4 is 5.32 Å². The molecule has 0 bridgehead atoms. The molecule has 2 saturated heterocycles. The molecule has 2 aliphatic heterocycles. The highest BCUT2D eigenvalue weighted by Crippen LogP contribution is 2.37. The van der Waals surface area contributed by atoms with Crippen molar-refractivity contribution in [2.24, 2.45) is 11.8 Å². The standard InChI is InChI=1S/C30H34N4O3/c1-20-13-14-31-21(2)27(20)29(35)34-17-24-15-33(16-25(24)18-34)19-26(22-9-5-3-6-10-22)28(32-30(36)37)23-11-7-4-8-12-23/h3-14,24-26,28,32H,15-19H2,1-2H3,(H,36,37)/t24?,25?,26-,28?/m1/s1. The van der Waals surface area contributed by atoms with E-state index in [1.165, 1.54) is 0 Å². The third-order valence-corrected chi connectivity index (χ3v) is 7.93. The summed E-state index contributed by atoms with van der Waals surface area (Å²) in [5.74, 6) is 0.874. The van der Waals surface area contributed by atoms with Gasteiger partial charge in [0.25, 0.3) is 5.91 Å². The topological polar surface area (TPSA) is 85.8 Å². The second-order valence-electron chi connectivity index (χ2n) is 10.4. The number of aromatic nitrogens is 1. The third-order valence-electron chi connectivity index (χ3n) is 7.93. The van der Waals surface area contributed by atoms with Crippen LogP contribution in [0.25, 0.3) is 0 Å². The number of pyridine rings is 1. The minimum absolute atomic E-state index is 0.0445. The Balaban J connectivity index is 1.32. The van der Waals surface area contributed by atoms with Crippen LogP contribution in [0.3, 0.4) is 0 Å². The van der Waals surface area contributed by atoms with Gasteiger partial charge in [0.05, 0.1) is 17.3 Å². The summed E-state index contributed by atoms with van der Waals surface area (Å²) >= 11 is 0. The molecule has 4 atom stereocenters. The molecule has 2 aromatic carbocycles. The maximum atomic E-state index is 13.3. The van der Waals surface area contributed by atoms with Gasteiger partial charge in [-0.05, 0) is 48.4 Å². The first kappa shape index (κ1) is 25.0. The molecule has 0 spiro atoms. The number of carbonyl (C=O) groups is 2. The monoisotopic (exact) mass is 498 g/mol. The molecule has 0 saturated carbocycles. The molecular formula is C30H34N4O3. The largest absolute Gasteiger partial charge is 0.465 e. The number of carbonyl (C=O) groups excluding carboxylic acids is 1. The van der Waals surface area contributed by atoms with Crippen LogP contribution in [0.15, 0.2) is 72.9 Å². The molecule has 7 nitrogen and oxygen atoms in total. The van der Waals surface area contributed by atoms with E-state index in [1.54, 1.807) is 6.20 Å². The molecule has 7 heteroatoms. The molecule has 37 heavy (non-hydrogen) atoms. The van der Waals surface area contributed by atoms with E-state index in [1.807, 2.05) is 73.3 Å². The summed E-state index contributed by atoms with van der Waals surface area (Å²) in [7, 11) is 0. The van der Waals surface area contributed by atoms with Gasteiger partial charge in [-0.2, -0.15) is 0 Å². The van der Waals surface area contributed by atoms with Gasteiger partial charge in [-0.1, -0.05) is 60.7 Å². The predicted octanol–water partition coefficient (Wildman–Crippen LogP) is 4.49. The van der Waals surface area contributed by atoms with Crippen LogP contribution >= 0.6 is 0 Å². The summed E-state index contributed by atoms with van der Waals surface area (Å²) in [6.45, 7) is 7.91. The van der Waals surface area contributed by atoms with E-state index in [4.69, 9.17) is 0 Å². The minimum Gasteiger partial charge on any atom is -0.465 e. The number of likely N-dealkylation sites (tertiary alicyclic amines) is 2. The van der Waals surface area contributed by atoms with Crippen LogP contribution in [0, 0.1) is 25.7 Å². The molecule has 1 aromatic heterocycles. The Hall–Kier alpha value is -3.71. The quantitative estimate of drug-likeness (QED) is 0.501. The summed E-state index contributed by atoms with van der Waals surface area (Å²) in [5.41, 5.74) is 4.56.